The molecule has 82 valence electrons. The van der Waals surface area contributed by atoms with Gasteiger partial charge in [0.2, 0.25) is 0 Å². The van der Waals surface area contributed by atoms with Crippen LogP contribution >= 0.6 is 0 Å². The van der Waals surface area contributed by atoms with E-state index >= 15 is 0 Å². The molecule has 15 heavy (non-hydrogen) atoms. The molecule has 0 amide bonds. The molecule has 1 aromatic carbocycles. The van der Waals surface area contributed by atoms with Gasteiger partial charge in [0.05, 0.1) is 0 Å². The summed E-state index contributed by atoms with van der Waals surface area (Å²) in [4.78, 5) is 10.4. The van der Waals surface area contributed by atoms with Gasteiger partial charge in [-0.05, 0) is 5.92 Å². The summed E-state index contributed by atoms with van der Waals surface area (Å²) >= 11 is 0. The molecular weight excluding hydrogens is 198 g/mol. The number of alkyl halides is 2. The number of aldehydes is 1. The molecule has 0 fully saturated rings. The van der Waals surface area contributed by atoms with Crippen LogP contribution in [0, 0.1) is 5.92 Å². The molecule has 1 rings (SSSR count). The van der Waals surface area contributed by atoms with Gasteiger partial charge in [0, 0.05) is 17.5 Å². The van der Waals surface area contributed by atoms with Crippen LogP contribution in [0.3, 0.4) is 0 Å². The molecule has 0 aliphatic heterocycles. The molecule has 0 N–H and O–H groups in total. The maximum absolute atomic E-state index is 13.6. The molecule has 0 saturated heterocycles. The number of benzene rings is 1. The van der Waals surface area contributed by atoms with Gasteiger partial charge in [-0.15, -0.1) is 0 Å². The Balaban J connectivity index is 2.89. The molecule has 0 radical (unpaired) electrons. The first-order valence-electron chi connectivity index (χ1n) is 4.89. The van der Waals surface area contributed by atoms with Gasteiger partial charge in [0.15, 0.2) is 0 Å². The number of carbonyl (C=O) groups excluding carboxylic acids is 1. The highest BCUT2D eigenvalue weighted by Gasteiger charge is 2.31. The van der Waals surface area contributed by atoms with E-state index in [0.717, 1.165) is 0 Å². The Morgan fingerprint density at radius 1 is 1.27 bits per heavy atom. The van der Waals surface area contributed by atoms with Crippen molar-refractivity contribution in [2.24, 2.45) is 5.92 Å². The Kier molecular flexibility index (Phi) is 3.56. The van der Waals surface area contributed by atoms with Gasteiger partial charge in [-0.2, -0.15) is 0 Å². The summed E-state index contributed by atoms with van der Waals surface area (Å²) in [5.41, 5.74) is 0.390. The zero-order chi connectivity index (χ0) is 11.5. The van der Waals surface area contributed by atoms with Crippen LogP contribution < -0.4 is 0 Å². The zero-order valence-electron chi connectivity index (χ0n) is 8.84. The van der Waals surface area contributed by atoms with E-state index in [1.807, 2.05) is 0 Å². The zero-order valence-corrected chi connectivity index (χ0v) is 8.84. The summed E-state index contributed by atoms with van der Waals surface area (Å²) in [5, 5.41) is 0. The maximum Gasteiger partial charge on any atom is 0.273 e. The third kappa shape index (κ3) is 3.11. The highest BCUT2D eigenvalue weighted by Crippen LogP contribution is 2.34. The van der Waals surface area contributed by atoms with Gasteiger partial charge in [-0.3, -0.25) is 4.79 Å². The topological polar surface area (TPSA) is 17.1 Å². The Labute approximate surface area is 88.1 Å². The molecule has 0 saturated carbocycles. The fraction of sp³-hybridized carbons (Fsp3) is 0.417. The van der Waals surface area contributed by atoms with Crippen molar-refractivity contribution in [2.45, 2.75) is 26.2 Å². The summed E-state index contributed by atoms with van der Waals surface area (Å²) in [6, 6.07) is 5.45. The normalized spacial score (nSPS) is 11.8. The smallest absolute Gasteiger partial charge is 0.273 e. The Morgan fingerprint density at radius 3 is 2.20 bits per heavy atom. The van der Waals surface area contributed by atoms with E-state index < -0.39 is 5.92 Å². The highest BCUT2D eigenvalue weighted by molar-refractivity contribution is 5.74. The van der Waals surface area contributed by atoms with E-state index in [9.17, 15) is 13.6 Å². The van der Waals surface area contributed by atoms with E-state index in [4.69, 9.17) is 0 Å². The molecule has 0 aliphatic rings. The van der Waals surface area contributed by atoms with Crippen LogP contribution in [0.5, 0.6) is 0 Å². The first-order chi connectivity index (χ1) is 6.95. The van der Waals surface area contributed by atoms with Gasteiger partial charge < -0.3 is 0 Å². The van der Waals surface area contributed by atoms with Crippen LogP contribution in [0.25, 0.3) is 0 Å². The molecule has 0 spiro atoms. The third-order valence-corrected chi connectivity index (χ3v) is 2.13. The van der Waals surface area contributed by atoms with Crippen molar-refractivity contribution in [2.75, 3.05) is 0 Å². The number of hydrogen-bond acceptors (Lipinski definition) is 1. The van der Waals surface area contributed by atoms with Crippen molar-refractivity contribution in [3.05, 3.63) is 35.4 Å². The average molecular weight is 212 g/mol. The molecule has 1 nitrogen and oxygen atoms in total. The lowest BCUT2D eigenvalue weighted by atomic mass is 9.98. The van der Waals surface area contributed by atoms with E-state index in [-0.39, 0.29) is 17.9 Å². The van der Waals surface area contributed by atoms with E-state index in [0.29, 0.717) is 11.8 Å². The quantitative estimate of drug-likeness (QED) is 0.696. The minimum atomic E-state index is -2.81. The van der Waals surface area contributed by atoms with Crippen LogP contribution in [0.4, 0.5) is 8.78 Å². The standard InChI is InChI=1S/C12H14F2O/c1-9(2)7-12(13,14)11-5-3-10(8-15)4-6-11/h3-6,8-9H,7H2,1-2H3. The summed E-state index contributed by atoms with van der Waals surface area (Å²) in [5.74, 6) is -2.87. The number of hydrogen-bond donors (Lipinski definition) is 0. The fourth-order valence-corrected chi connectivity index (χ4v) is 1.44. The molecule has 0 aromatic heterocycles. The first kappa shape index (κ1) is 11.8. The predicted molar refractivity (Wildman–Crippen MR) is 55.2 cm³/mol. The Hall–Kier alpha value is -1.25. The molecule has 0 heterocycles. The Morgan fingerprint density at radius 2 is 1.80 bits per heavy atom. The second-order valence-electron chi connectivity index (χ2n) is 4.04. The molecule has 3 heteroatoms. The largest absolute Gasteiger partial charge is 0.298 e. The SMILES string of the molecule is CC(C)CC(F)(F)c1ccc(C=O)cc1. The minimum Gasteiger partial charge on any atom is -0.298 e. The second-order valence-corrected chi connectivity index (χ2v) is 4.04. The lowest BCUT2D eigenvalue weighted by molar-refractivity contribution is -0.0249. The molecule has 0 bridgehead atoms. The number of halogens is 2. The molecule has 0 atom stereocenters. The lowest BCUT2D eigenvalue weighted by Crippen LogP contribution is -2.16. The number of carbonyl (C=O) groups is 1. The van der Waals surface area contributed by atoms with Crippen molar-refractivity contribution < 1.29 is 13.6 Å². The summed E-state index contributed by atoms with van der Waals surface area (Å²) in [6.07, 6.45) is 0.470. The van der Waals surface area contributed by atoms with Gasteiger partial charge >= 0.3 is 0 Å². The molecule has 0 unspecified atom stereocenters. The molecular formula is C12H14F2O. The van der Waals surface area contributed by atoms with Gasteiger partial charge in [-0.25, -0.2) is 8.78 Å². The predicted octanol–water partition coefficient (Wildman–Crippen LogP) is 3.64. The third-order valence-electron chi connectivity index (χ3n) is 2.13. The summed E-state index contributed by atoms with van der Waals surface area (Å²) < 4.78 is 27.1. The minimum absolute atomic E-state index is 0.0261. The summed E-state index contributed by atoms with van der Waals surface area (Å²) in [6.45, 7) is 3.52. The van der Waals surface area contributed by atoms with Crippen LogP contribution in [-0.2, 0) is 5.92 Å². The fourth-order valence-electron chi connectivity index (χ4n) is 1.44. The highest BCUT2D eigenvalue weighted by atomic mass is 19.3. The number of rotatable bonds is 4. The van der Waals surface area contributed by atoms with Gasteiger partial charge in [0.1, 0.15) is 6.29 Å². The van der Waals surface area contributed by atoms with Crippen LogP contribution in [-0.4, -0.2) is 6.29 Å². The van der Waals surface area contributed by atoms with Crippen LogP contribution in [0.1, 0.15) is 36.2 Å². The monoisotopic (exact) mass is 212 g/mol. The first-order valence-corrected chi connectivity index (χ1v) is 4.89. The van der Waals surface area contributed by atoms with E-state index in [1.54, 1.807) is 13.8 Å². The van der Waals surface area contributed by atoms with Crippen molar-refractivity contribution in [1.82, 2.24) is 0 Å². The van der Waals surface area contributed by atoms with Gasteiger partial charge in [0.25, 0.3) is 5.92 Å². The van der Waals surface area contributed by atoms with Crippen molar-refractivity contribution in [3.8, 4) is 0 Å². The average Bonchev–Trinajstić information content (AvgIpc) is 2.16. The maximum atomic E-state index is 13.6. The summed E-state index contributed by atoms with van der Waals surface area (Å²) in [7, 11) is 0. The van der Waals surface area contributed by atoms with E-state index in [1.165, 1.54) is 24.3 Å². The van der Waals surface area contributed by atoms with Crippen molar-refractivity contribution in [1.29, 1.82) is 0 Å². The molecule has 1 aromatic rings. The lowest BCUT2D eigenvalue weighted by Gasteiger charge is -2.18. The second kappa shape index (κ2) is 4.51. The van der Waals surface area contributed by atoms with Crippen molar-refractivity contribution in [3.63, 3.8) is 0 Å². The van der Waals surface area contributed by atoms with Gasteiger partial charge in [-0.1, -0.05) is 38.1 Å². The Bertz CT molecular complexity index is 328. The van der Waals surface area contributed by atoms with Crippen LogP contribution in [0.15, 0.2) is 24.3 Å². The molecule has 0 aliphatic carbocycles. The van der Waals surface area contributed by atoms with Crippen molar-refractivity contribution >= 4 is 6.29 Å². The van der Waals surface area contributed by atoms with E-state index in [2.05, 4.69) is 0 Å². The van der Waals surface area contributed by atoms with Crippen LogP contribution in [0.2, 0.25) is 0 Å².